The molecule has 0 aliphatic carbocycles. The Morgan fingerprint density at radius 1 is 1.03 bits per heavy atom. The Labute approximate surface area is 210 Å². The van der Waals surface area contributed by atoms with Crippen molar-refractivity contribution in [2.45, 2.75) is 14.3 Å². The molecular formula is C22H17N3O5S4. The van der Waals surface area contributed by atoms with Gasteiger partial charge in [-0.15, -0.1) is 22.7 Å². The fraction of sp³-hybridized carbons (Fsp3) is 0.182. The summed E-state index contributed by atoms with van der Waals surface area (Å²) < 4.78 is 8.72. The highest BCUT2D eigenvalue weighted by molar-refractivity contribution is 8.05. The Bertz CT molecular complexity index is 1370. The van der Waals surface area contributed by atoms with Gasteiger partial charge in [-0.2, -0.15) is 0 Å². The van der Waals surface area contributed by atoms with Crippen LogP contribution in [0.5, 0.6) is 0 Å². The number of hydrogen-bond acceptors (Lipinski definition) is 11. The van der Waals surface area contributed by atoms with Gasteiger partial charge in [-0.1, -0.05) is 47.8 Å². The van der Waals surface area contributed by atoms with Crippen LogP contribution in [0.1, 0.15) is 0 Å². The van der Waals surface area contributed by atoms with E-state index in [0.717, 1.165) is 32.2 Å². The van der Waals surface area contributed by atoms with Crippen LogP contribution in [0.25, 0.3) is 20.4 Å². The van der Waals surface area contributed by atoms with E-state index in [9.17, 15) is 19.8 Å². The monoisotopic (exact) mass is 531 g/mol. The number of benzene rings is 2. The van der Waals surface area contributed by atoms with Gasteiger partial charge >= 0.3 is 5.97 Å². The minimum atomic E-state index is -1.79. The number of hydrogen-bond donors (Lipinski definition) is 3. The van der Waals surface area contributed by atoms with Gasteiger partial charge in [-0.3, -0.25) is 4.79 Å². The summed E-state index contributed by atoms with van der Waals surface area (Å²) in [5, 5.41) is 22.4. The van der Waals surface area contributed by atoms with E-state index in [2.05, 4.69) is 15.3 Å². The third kappa shape index (κ3) is 4.27. The number of fused-ring (bicyclic) bond motifs is 2. The highest BCUT2D eigenvalue weighted by Crippen LogP contribution is 2.47. The van der Waals surface area contributed by atoms with E-state index in [0.29, 0.717) is 8.68 Å². The van der Waals surface area contributed by atoms with Gasteiger partial charge < -0.3 is 20.3 Å². The first kappa shape index (κ1) is 23.1. The van der Waals surface area contributed by atoms with E-state index < -0.39 is 23.2 Å². The standard InChI is InChI=1S/C22H17N3O5S4/c26-10-9-23-19(29)22(11-31-20-24-12-5-1-3-7-14(12)32-20)17(16(27)18(28)30-22)34-21-25-13-6-2-4-8-15(13)33-21/h1-8,26-27H,9-11H2,(H,23,29). The van der Waals surface area contributed by atoms with Crippen LogP contribution < -0.4 is 5.32 Å². The molecule has 3 N–H and O–H groups in total. The number of thioether (sulfide) groups is 2. The minimum Gasteiger partial charge on any atom is -0.501 e. The lowest BCUT2D eigenvalue weighted by Gasteiger charge is -2.27. The number of aliphatic hydroxyl groups is 2. The number of cyclic esters (lactones) is 1. The predicted octanol–water partition coefficient (Wildman–Crippen LogP) is 3.96. The van der Waals surface area contributed by atoms with Crippen molar-refractivity contribution in [3.05, 3.63) is 59.2 Å². The first-order valence-corrected chi connectivity index (χ1v) is 13.5. The average Bonchev–Trinajstić information content (AvgIpc) is 3.51. The number of rotatable bonds is 8. The van der Waals surface area contributed by atoms with E-state index >= 15 is 0 Å². The summed E-state index contributed by atoms with van der Waals surface area (Å²) in [6.45, 7) is -0.305. The number of ether oxygens (including phenoxy) is 1. The second-order valence-corrected chi connectivity index (χ2v) is 11.7. The molecule has 12 heteroatoms. The first-order chi connectivity index (χ1) is 16.5. The van der Waals surface area contributed by atoms with Gasteiger partial charge in [0.15, 0.2) is 8.68 Å². The maximum Gasteiger partial charge on any atom is 0.375 e. The second-order valence-electron chi connectivity index (χ2n) is 7.16. The number of carbonyl (C=O) groups excluding carboxylic acids is 2. The molecule has 174 valence electrons. The fourth-order valence-electron chi connectivity index (χ4n) is 3.35. The molecular weight excluding hydrogens is 515 g/mol. The van der Waals surface area contributed by atoms with Gasteiger partial charge in [0.05, 0.1) is 37.7 Å². The van der Waals surface area contributed by atoms with Crippen molar-refractivity contribution in [2.75, 3.05) is 18.9 Å². The molecule has 0 saturated heterocycles. The molecule has 0 spiro atoms. The molecule has 2 aromatic heterocycles. The molecule has 0 saturated carbocycles. The Hall–Kier alpha value is -2.64. The molecule has 0 bridgehead atoms. The third-order valence-corrected chi connectivity index (χ3v) is 9.59. The molecule has 8 nitrogen and oxygen atoms in total. The summed E-state index contributed by atoms with van der Waals surface area (Å²) in [5.41, 5.74) is -0.180. The summed E-state index contributed by atoms with van der Waals surface area (Å²) >= 11 is 5.14. The zero-order chi connectivity index (χ0) is 23.7. The van der Waals surface area contributed by atoms with Crippen molar-refractivity contribution >= 4 is 78.5 Å². The van der Waals surface area contributed by atoms with Crippen molar-refractivity contribution in [3.8, 4) is 0 Å². The maximum absolute atomic E-state index is 13.3. The molecule has 1 aliphatic rings. The highest BCUT2D eigenvalue weighted by Gasteiger charge is 2.55. The van der Waals surface area contributed by atoms with Gasteiger partial charge in [0.2, 0.25) is 11.4 Å². The lowest BCUT2D eigenvalue weighted by atomic mass is 10.1. The van der Waals surface area contributed by atoms with Crippen LogP contribution in [0.4, 0.5) is 0 Å². The summed E-state index contributed by atoms with van der Waals surface area (Å²) in [4.78, 5) is 35.0. The van der Waals surface area contributed by atoms with Crippen molar-refractivity contribution in [2.24, 2.45) is 0 Å². The Kier molecular flexibility index (Phi) is 6.49. The number of thiazole rings is 2. The summed E-state index contributed by atoms with van der Waals surface area (Å²) in [6, 6.07) is 15.2. The summed E-state index contributed by atoms with van der Waals surface area (Å²) in [5.74, 6) is -2.23. The molecule has 2 aromatic carbocycles. The normalized spacial score (nSPS) is 18.1. The van der Waals surface area contributed by atoms with Crippen LogP contribution in [0, 0.1) is 0 Å². The third-order valence-electron chi connectivity index (χ3n) is 4.94. The molecule has 5 rings (SSSR count). The van der Waals surface area contributed by atoms with E-state index in [1.54, 1.807) is 0 Å². The molecule has 34 heavy (non-hydrogen) atoms. The van der Waals surface area contributed by atoms with Crippen LogP contribution in [-0.4, -0.2) is 56.6 Å². The lowest BCUT2D eigenvalue weighted by molar-refractivity contribution is -0.156. The van der Waals surface area contributed by atoms with E-state index in [4.69, 9.17) is 4.74 Å². The average molecular weight is 532 g/mol. The van der Waals surface area contributed by atoms with E-state index in [1.807, 2.05) is 48.5 Å². The van der Waals surface area contributed by atoms with Crippen molar-refractivity contribution in [3.63, 3.8) is 0 Å². The Morgan fingerprint density at radius 2 is 1.65 bits per heavy atom. The molecule has 4 aromatic rings. The molecule has 1 aliphatic heterocycles. The van der Waals surface area contributed by atoms with Crippen LogP contribution in [0.2, 0.25) is 0 Å². The largest absolute Gasteiger partial charge is 0.501 e. The lowest BCUT2D eigenvalue weighted by Crippen LogP contribution is -2.51. The highest BCUT2D eigenvalue weighted by atomic mass is 32.2. The molecule has 1 unspecified atom stereocenters. The number of esters is 1. The molecule has 3 heterocycles. The topological polar surface area (TPSA) is 122 Å². The predicted molar refractivity (Wildman–Crippen MR) is 134 cm³/mol. The van der Waals surface area contributed by atoms with Gasteiger partial charge in [-0.05, 0) is 24.3 Å². The smallest absolute Gasteiger partial charge is 0.375 e. The quantitative estimate of drug-likeness (QED) is 0.229. The van der Waals surface area contributed by atoms with Crippen LogP contribution in [0.3, 0.4) is 0 Å². The van der Waals surface area contributed by atoms with Gasteiger partial charge in [-0.25, -0.2) is 14.8 Å². The van der Waals surface area contributed by atoms with E-state index in [-0.39, 0.29) is 23.8 Å². The Balaban J connectivity index is 1.49. The molecule has 1 atom stereocenters. The van der Waals surface area contributed by atoms with Crippen molar-refractivity contribution in [1.82, 2.24) is 15.3 Å². The number of aliphatic hydroxyl groups excluding tert-OH is 2. The first-order valence-electron chi connectivity index (χ1n) is 10.1. The van der Waals surface area contributed by atoms with E-state index in [1.165, 1.54) is 34.4 Å². The Morgan fingerprint density at radius 3 is 2.29 bits per heavy atom. The number of carbonyl (C=O) groups is 2. The van der Waals surface area contributed by atoms with Gasteiger partial charge in [0.1, 0.15) is 0 Å². The van der Waals surface area contributed by atoms with Crippen LogP contribution in [0.15, 0.2) is 67.9 Å². The SMILES string of the molecule is O=C1OC(CSc2nc3ccccc3s2)(C(=O)NCCO)C(Sc2nc3ccccc3s2)=C1O. The maximum atomic E-state index is 13.3. The van der Waals surface area contributed by atoms with Crippen LogP contribution in [-0.2, 0) is 14.3 Å². The zero-order valence-corrected chi connectivity index (χ0v) is 20.7. The number of nitrogens with one attached hydrogen (secondary N) is 1. The number of nitrogens with zero attached hydrogens (tertiary/aromatic N) is 2. The second kappa shape index (κ2) is 9.55. The summed E-state index contributed by atoms with van der Waals surface area (Å²) in [6.07, 6.45) is 0. The fourth-order valence-corrected chi connectivity index (χ4v) is 7.90. The minimum absolute atomic E-state index is 0.00683. The number of para-hydroxylation sites is 2. The van der Waals surface area contributed by atoms with Gasteiger partial charge in [0.25, 0.3) is 5.91 Å². The van der Waals surface area contributed by atoms with Crippen molar-refractivity contribution < 1.29 is 24.5 Å². The zero-order valence-electron chi connectivity index (χ0n) is 17.4. The van der Waals surface area contributed by atoms with Crippen LogP contribution >= 0.6 is 46.2 Å². The van der Waals surface area contributed by atoms with Crippen molar-refractivity contribution in [1.29, 1.82) is 0 Å². The molecule has 0 radical (unpaired) electrons. The number of aromatic nitrogens is 2. The molecule has 1 amide bonds. The summed E-state index contributed by atoms with van der Waals surface area (Å²) in [7, 11) is 0. The number of amides is 1. The van der Waals surface area contributed by atoms with Gasteiger partial charge in [0, 0.05) is 6.54 Å². The molecule has 0 fully saturated rings.